The summed E-state index contributed by atoms with van der Waals surface area (Å²) in [6, 6.07) is 9.88. The van der Waals surface area contributed by atoms with E-state index in [1.54, 1.807) is 17.4 Å². The maximum Gasteiger partial charge on any atom is 0.123 e. The number of nitrogens with one attached hydrogen (secondary N) is 1. The maximum absolute atomic E-state index is 13.4. The zero-order valence-corrected chi connectivity index (χ0v) is 11.6. The van der Waals surface area contributed by atoms with Crippen molar-refractivity contribution < 1.29 is 4.39 Å². The first kappa shape index (κ1) is 12.8. The van der Waals surface area contributed by atoms with Crippen LogP contribution in [0.2, 0.25) is 0 Å². The Bertz CT molecular complexity index is 519. The Morgan fingerprint density at radius 1 is 1.32 bits per heavy atom. The van der Waals surface area contributed by atoms with E-state index in [0.29, 0.717) is 12.0 Å². The monoisotopic (exact) mass is 275 g/mol. The molecule has 0 amide bonds. The highest BCUT2D eigenvalue weighted by molar-refractivity contribution is 7.07. The minimum Gasteiger partial charge on any atom is -0.313 e. The van der Waals surface area contributed by atoms with Crippen LogP contribution < -0.4 is 5.32 Å². The highest BCUT2D eigenvalue weighted by Crippen LogP contribution is 2.25. The molecule has 0 spiro atoms. The van der Waals surface area contributed by atoms with Gasteiger partial charge in [0, 0.05) is 18.5 Å². The van der Waals surface area contributed by atoms with Crippen molar-refractivity contribution in [2.24, 2.45) is 0 Å². The van der Waals surface area contributed by atoms with Crippen molar-refractivity contribution in [1.82, 2.24) is 5.32 Å². The van der Waals surface area contributed by atoms with Crippen molar-refractivity contribution in [3.63, 3.8) is 0 Å². The zero-order valence-electron chi connectivity index (χ0n) is 10.8. The lowest BCUT2D eigenvalue weighted by Gasteiger charge is -2.18. The van der Waals surface area contributed by atoms with Crippen molar-refractivity contribution in [1.29, 1.82) is 0 Å². The molecular weight excluding hydrogens is 257 g/mol. The number of rotatable bonds is 6. The molecule has 0 aliphatic heterocycles. The third kappa shape index (κ3) is 3.64. The molecule has 0 saturated heterocycles. The Morgan fingerprint density at radius 2 is 2.21 bits per heavy atom. The normalized spacial score (nSPS) is 16.5. The van der Waals surface area contributed by atoms with Gasteiger partial charge >= 0.3 is 0 Å². The van der Waals surface area contributed by atoms with Gasteiger partial charge in [-0.05, 0) is 59.3 Å². The summed E-state index contributed by atoms with van der Waals surface area (Å²) in [6.45, 7) is 0.934. The van der Waals surface area contributed by atoms with Crippen molar-refractivity contribution >= 4 is 11.3 Å². The van der Waals surface area contributed by atoms with E-state index in [-0.39, 0.29) is 5.82 Å². The Labute approximate surface area is 117 Å². The first-order chi connectivity index (χ1) is 9.31. The van der Waals surface area contributed by atoms with Gasteiger partial charge in [0.1, 0.15) is 5.82 Å². The summed E-state index contributed by atoms with van der Waals surface area (Å²) in [5.74, 6) is 0.213. The molecular formula is C16H18FNS. The van der Waals surface area contributed by atoms with E-state index in [1.807, 2.05) is 12.1 Å². The summed E-state index contributed by atoms with van der Waals surface area (Å²) in [5, 5.41) is 7.86. The second-order valence-corrected chi connectivity index (χ2v) is 6.05. The van der Waals surface area contributed by atoms with Crippen molar-refractivity contribution in [2.75, 3.05) is 6.54 Å². The fraction of sp³-hybridized carbons (Fsp3) is 0.375. The molecule has 1 N–H and O–H groups in total. The van der Waals surface area contributed by atoms with E-state index in [0.717, 1.165) is 18.5 Å². The summed E-state index contributed by atoms with van der Waals surface area (Å²) >= 11 is 1.72. The van der Waals surface area contributed by atoms with Gasteiger partial charge in [-0.3, -0.25) is 0 Å². The molecule has 1 atom stereocenters. The van der Waals surface area contributed by atoms with Crippen molar-refractivity contribution in [3.05, 3.63) is 58.0 Å². The summed E-state index contributed by atoms with van der Waals surface area (Å²) in [6.07, 6.45) is 3.55. The molecule has 1 aromatic carbocycles. The predicted octanol–water partition coefficient (Wildman–Crippen LogP) is 3.97. The third-order valence-electron chi connectivity index (χ3n) is 3.61. The summed E-state index contributed by atoms with van der Waals surface area (Å²) in [7, 11) is 0. The Kier molecular flexibility index (Phi) is 3.95. The highest BCUT2D eigenvalue weighted by Gasteiger charge is 2.22. The van der Waals surface area contributed by atoms with Crippen LogP contribution in [-0.2, 0) is 6.42 Å². The van der Waals surface area contributed by atoms with Crippen LogP contribution in [0.1, 0.15) is 29.9 Å². The molecule has 1 heterocycles. The van der Waals surface area contributed by atoms with Gasteiger partial charge in [-0.2, -0.15) is 11.3 Å². The van der Waals surface area contributed by atoms with Gasteiger partial charge < -0.3 is 5.32 Å². The van der Waals surface area contributed by atoms with Crippen LogP contribution >= 0.6 is 11.3 Å². The number of hydrogen-bond donors (Lipinski definition) is 1. The van der Waals surface area contributed by atoms with E-state index in [9.17, 15) is 4.39 Å². The lowest BCUT2D eigenvalue weighted by Crippen LogP contribution is -2.24. The van der Waals surface area contributed by atoms with Gasteiger partial charge in [-0.25, -0.2) is 4.39 Å². The minimum atomic E-state index is -0.140. The largest absolute Gasteiger partial charge is 0.313 e. The number of hydrogen-bond acceptors (Lipinski definition) is 2. The molecule has 3 rings (SSSR count). The molecule has 1 saturated carbocycles. The van der Waals surface area contributed by atoms with Gasteiger partial charge in [0.15, 0.2) is 0 Å². The van der Waals surface area contributed by atoms with E-state index >= 15 is 0 Å². The third-order valence-corrected chi connectivity index (χ3v) is 4.34. The van der Waals surface area contributed by atoms with E-state index in [4.69, 9.17) is 0 Å². The number of halogens is 1. The quantitative estimate of drug-likeness (QED) is 0.841. The topological polar surface area (TPSA) is 12.0 Å². The number of thiophene rings is 1. The molecule has 19 heavy (non-hydrogen) atoms. The van der Waals surface area contributed by atoms with E-state index in [2.05, 4.69) is 22.1 Å². The van der Waals surface area contributed by atoms with Crippen LogP contribution in [0.4, 0.5) is 4.39 Å². The van der Waals surface area contributed by atoms with Crippen molar-refractivity contribution in [2.45, 2.75) is 31.2 Å². The lowest BCUT2D eigenvalue weighted by atomic mass is 9.93. The standard InChI is InChI=1S/C16H18FNS/c17-15-3-1-2-13(9-15)14(10-18-16-4-5-16)8-12-6-7-19-11-12/h1-3,6-7,9,11,14,16,18H,4-5,8,10H2. The predicted molar refractivity (Wildman–Crippen MR) is 78.2 cm³/mol. The second kappa shape index (κ2) is 5.85. The first-order valence-corrected chi connectivity index (χ1v) is 7.75. The SMILES string of the molecule is Fc1cccc(C(CNC2CC2)Cc2ccsc2)c1. The first-order valence-electron chi connectivity index (χ1n) is 6.81. The van der Waals surface area contributed by atoms with Gasteiger partial charge in [-0.1, -0.05) is 12.1 Å². The summed E-state index contributed by atoms with van der Waals surface area (Å²) < 4.78 is 13.4. The van der Waals surface area contributed by atoms with Gasteiger partial charge in [0.05, 0.1) is 0 Å². The van der Waals surface area contributed by atoms with Crippen molar-refractivity contribution in [3.8, 4) is 0 Å². The molecule has 0 radical (unpaired) electrons. The average Bonchev–Trinajstić information content (AvgIpc) is 3.10. The molecule has 1 aromatic heterocycles. The van der Waals surface area contributed by atoms with E-state index < -0.39 is 0 Å². The fourth-order valence-corrected chi connectivity index (χ4v) is 3.04. The lowest BCUT2D eigenvalue weighted by molar-refractivity contribution is 0.569. The molecule has 100 valence electrons. The fourth-order valence-electron chi connectivity index (χ4n) is 2.36. The molecule has 1 unspecified atom stereocenters. The molecule has 1 aliphatic rings. The Morgan fingerprint density at radius 3 is 2.89 bits per heavy atom. The van der Waals surface area contributed by atoms with Crippen LogP contribution in [0.25, 0.3) is 0 Å². The van der Waals surface area contributed by atoms with Crippen LogP contribution in [0.3, 0.4) is 0 Å². The zero-order chi connectivity index (χ0) is 13.1. The molecule has 3 heteroatoms. The van der Waals surface area contributed by atoms with Gasteiger partial charge in [0.2, 0.25) is 0 Å². The smallest absolute Gasteiger partial charge is 0.123 e. The summed E-state index contributed by atoms with van der Waals surface area (Å²) in [4.78, 5) is 0. The van der Waals surface area contributed by atoms with Crippen LogP contribution in [0.15, 0.2) is 41.1 Å². The second-order valence-electron chi connectivity index (χ2n) is 5.27. The molecule has 1 nitrogen and oxygen atoms in total. The van der Waals surface area contributed by atoms with Gasteiger partial charge in [-0.15, -0.1) is 0 Å². The molecule has 2 aromatic rings. The Hall–Kier alpha value is -1.19. The maximum atomic E-state index is 13.4. The average molecular weight is 275 g/mol. The van der Waals surface area contributed by atoms with Crippen LogP contribution in [0, 0.1) is 5.82 Å². The number of benzene rings is 1. The molecule has 0 bridgehead atoms. The molecule has 1 aliphatic carbocycles. The van der Waals surface area contributed by atoms with Crippen LogP contribution in [0.5, 0.6) is 0 Å². The van der Waals surface area contributed by atoms with Crippen LogP contribution in [-0.4, -0.2) is 12.6 Å². The highest BCUT2D eigenvalue weighted by atomic mass is 32.1. The van der Waals surface area contributed by atoms with Gasteiger partial charge in [0.25, 0.3) is 0 Å². The minimum absolute atomic E-state index is 0.140. The van der Waals surface area contributed by atoms with E-state index in [1.165, 1.54) is 24.5 Å². The Balaban J connectivity index is 1.73. The summed E-state index contributed by atoms with van der Waals surface area (Å²) in [5.41, 5.74) is 2.44. The molecule has 1 fully saturated rings.